The lowest BCUT2D eigenvalue weighted by Gasteiger charge is -1.90. The molecule has 10 heavy (non-hydrogen) atoms. The van der Waals surface area contributed by atoms with Gasteiger partial charge in [-0.2, -0.15) is 0 Å². The third-order valence-corrected chi connectivity index (χ3v) is 1.21. The Bertz CT molecular complexity index is 31.7. The van der Waals surface area contributed by atoms with Gasteiger partial charge in [-0.3, -0.25) is 0 Å². The molecule has 0 saturated carbocycles. The van der Waals surface area contributed by atoms with E-state index in [9.17, 15) is 0 Å². The van der Waals surface area contributed by atoms with E-state index < -0.39 is 0 Å². The molecule has 0 spiro atoms. The zero-order valence-electron chi connectivity index (χ0n) is 8.24. The summed E-state index contributed by atoms with van der Waals surface area (Å²) >= 11 is 0. The van der Waals surface area contributed by atoms with Crippen LogP contribution in [0.1, 0.15) is 46.0 Å². The highest BCUT2D eigenvalue weighted by Crippen LogP contribution is 2.00. The molecule has 0 aliphatic heterocycles. The predicted octanol–water partition coefficient (Wildman–Crippen LogP) is 3.23. The molecule has 0 amide bonds. The summed E-state index contributed by atoms with van der Waals surface area (Å²) in [7, 11) is 0.417. The molecule has 0 radical (unpaired) electrons. The normalized spacial score (nSPS) is 8.40. The van der Waals surface area contributed by atoms with Crippen LogP contribution in [0.4, 0.5) is 0 Å². The SMILES string of the molecule is CCCCCCC.C[SiH2]C. The average Bonchev–Trinajstić information content (AvgIpc) is 1.91. The van der Waals surface area contributed by atoms with Crippen LogP contribution in [0.25, 0.3) is 0 Å². The molecule has 0 heterocycles. The van der Waals surface area contributed by atoms with Gasteiger partial charge in [-0.1, -0.05) is 59.0 Å². The Kier molecular flexibility index (Phi) is 20.7. The molecule has 0 rings (SSSR count). The van der Waals surface area contributed by atoms with Crippen LogP contribution >= 0.6 is 0 Å². The standard InChI is InChI=1S/C7H16.C2H8Si/c1-3-5-7-6-4-2;1-3-2/h3-7H2,1-2H3;3H2,1-2H3. The van der Waals surface area contributed by atoms with Crippen molar-refractivity contribution in [1.29, 1.82) is 0 Å². The van der Waals surface area contributed by atoms with Crippen LogP contribution in [0.2, 0.25) is 13.1 Å². The van der Waals surface area contributed by atoms with E-state index in [4.69, 9.17) is 0 Å². The number of unbranched alkanes of at least 4 members (excludes halogenated alkanes) is 4. The van der Waals surface area contributed by atoms with E-state index in [0.717, 1.165) is 0 Å². The van der Waals surface area contributed by atoms with Crippen LogP contribution in [0, 0.1) is 0 Å². The number of hydrogen-bond acceptors (Lipinski definition) is 0. The van der Waals surface area contributed by atoms with E-state index in [2.05, 4.69) is 26.9 Å². The van der Waals surface area contributed by atoms with Crippen molar-refractivity contribution in [3.63, 3.8) is 0 Å². The number of rotatable bonds is 4. The third-order valence-electron chi connectivity index (χ3n) is 1.21. The third kappa shape index (κ3) is 24.1. The van der Waals surface area contributed by atoms with E-state index in [1.54, 1.807) is 0 Å². The predicted molar refractivity (Wildman–Crippen MR) is 54.7 cm³/mol. The van der Waals surface area contributed by atoms with Crippen molar-refractivity contribution in [2.24, 2.45) is 0 Å². The second kappa shape index (κ2) is 16.1. The van der Waals surface area contributed by atoms with Gasteiger partial charge in [0.25, 0.3) is 0 Å². The fraction of sp³-hybridized carbons (Fsp3) is 1.00. The Balaban J connectivity index is 0. The van der Waals surface area contributed by atoms with Gasteiger partial charge in [0.15, 0.2) is 0 Å². The van der Waals surface area contributed by atoms with Gasteiger partial charge < -0.3 is 0 Å². The van der Waals surface area contributed by atoms with Gasteiger partial charge in [0.05, 0.1) is 0 Å². The lowest BCUT2D eigenvalue weighted by Crippen LogP contribution is -1.70. The maximum atomic E-state index is 2.26. The molecule has 0 aliphatic carbocycles. The highest BCUT2D eigenvalue weighted by Gasteiger charge is 1.80. The van der Waals surface area contributed by atoms with Gasteiger partial charge in [-0.15, -0.1) is 0 Å². The first-order chi connectivity index (χ1) is 4.83. The summed E-state index contributed by atoms with van der Waals surface area (Å²) in [6.07, 6.45) is 7.01. The van der Waals surface area contributed by atoms with Gasteiger partial charge in [-0.25, -0.2) is 0 Å². The van der Waals surface area contributed by atoms with Crippen molar-refractivity contribution in [2.75, 3.05) is 0 Å². The molecule has 0 fully saturated rings. The van der Waals surface area contributed by atoms with E-state index in [1.165, 1.54) is 32.1 Å². The van der Waals surface area contributed by atoms with Crippen LogP contribution < -0.4 is 0 Å². The summed E-state index contributed by atoms with van der Waals surface area (Å²) in [6.45, 7) is 9.02. The second-order valence-electron chi connectivity index (χ2n) is 2.77. The molecular weight excluding hydrogens is 136 g/mol. The Labute approximate surface area is 69.2 Å². The van der Waals surface area contributed by atoms with Crippen molar-refractivity contribution in [3.8, 4) is 0 Å². The monoisotopic (exact) mass is 160 g/mol. The van der Waals surface area contributed by atoms with Crippen LogP contribution in [0.3, 0.4) is 0 Å². The Morgan fingerprint density at radius 1 is 0.800 bits per heavy atom. The van der Waals surface area contributed by atoms with E-state index in [1.807, 2.05) is 0 Å². The maximum Gasteiger partial charge on any atom is 0.0135 e. The molecule has 64 valence electrons. The fourth-order valence-electron chi connectivity index (χ4n) is 0.677. The summed E-state index contributed by atoms with van der Waals surface area (Å²) in [5.74, 6) is 0. The Hall–Kier alpha value is 0.217. The van der Waals surface area contributed by atoms with Crippen LogP contribution in [0.15, 0.2) is 0 Å². The minimum Gasteiger partial charge on any atom is -0.0750 e. The minimum absolute atomic E-state index is 0.417. The highest BCUT2D eigenvalue weighted by molar-refractivity contribution is 6.31. The van der Waals surface area contributed by atoms with Crippen molar-refractivity contribution in [3.05, 3.63) is 0 Å². The van der Waals surface area contributed by atoms with E-state index >= 15 is 0 Å². The van der Waals surface area contributed by atoms with Gasteiger partial charge >= 0.3 is 0 Å². The lowest BCUT2D eigenvalue weighted by molar-refractivity contribution is 0.656. The molecule has 0 aromatic heterocycles. The van der Waals surface area contributed by atoms with Crippen LogP contribution in [-0.2, 0) is 0 Å². The van der Waals surface area contributed by atoms with Gasteiger partial charge in [0, 0.05) is 9.52 Å². The minimum atomic E-state index is 0.417. The second-order valence-corrected chi connectivity index (χ2v) is 4.18. The molecule has 0 unspecified atom stereocenters. The molecule has 0 N–H and O–H groups in total. The van der Waals surface area contributed by atoms with Gasteiger partial charge in [0.1, 0.15) is 0 Å². The lowest BCUT2D eigenvalue weighted by atomic mass is 10.2. The first-order valence-corrected chi connectivity index (χ1v) is 7.66. The molecule has 0 nitrogen and oxygen atoms in total. The zero-order valence-corrected chi connectivity index (χ0v) is 9.66. The van der Waals surface area contributed by atoms with Gasteiger partial charge in [0.2, 0.25) is 0 Å². The summed E-state index contributed by atoms with van der Waals surface area (Å²) in [5.41, 5.74) is 0. The quantitative estimate of drug-likeness (QED) is 0.437. The maximum absolute atomic E-state index is 2.26. The molecular formula is C9H24Si. The van der Waals surface area contributed by atoms with Crippen molar-refractivity contribution in [1.82, 2.24) is 0 Å². The summed E-state index contributed by atoms with van der Waals surface area (Å²) < 4.78 is 0. The van der Waals surface area contributed by atoms with Gasteiger partial charge in [-0.05, 0) is 0 Å². The Morgan fingerprint density at radius 3 is 1.30 bits per heavy atom. The first kappa shape index (κ1) is 12.9. The summed E-state index contributed by atoms with van der Waals surface area (Å²) in [6, 6.07) is 0. The molecule has 0 aromatic rings. The first-order valence-electron chi connectivity index (χ1n) is 4.83. The topological polar surface area (TPSA) is 0 Å². The average molecular weight is 160 g/mol. The van der Waals surface area contributed by atoms with Crippen LogP contribution in [0.5, 0.6) is 0 Å². The number of hydrogen-bond donors (Lipinski definition) is 0. The molecule has 0 saturated heterocycles. The van der Waals surface area contributed by atoms with Crippen LogP contribution in [-0.4, -0.2) is 9.52 Å². The van der Waals surface area contributed by atoms with Crippen molar-refractivity contribution < 1.29 is 0 Å². The zero-order chi connectivity index (χ0) is 8.24. The van der Waals surface area contributed by atoms with Crippen molar-refractivity contribution in [2.45, 2.75) is 59.0 Å². The summed E-state index contributed by atoms with van der Waals surface area (Å²) in [5, 5.41) is 0. The molecule has 1 heteroatoms. The Morgan fingerprint density at radius 2 is 1.10 bits per heavy atom. The molecule has 0 atom stereocenters. The molecule has 0 aliphatic rings. The molecule has 0 bridgehead atoms. The summed E-state index contributed by atoms with van der Waals surface area (Å²) in [4.78, 5) is 0. The smallest absolute Gasteiger partial charge is 0.0135 e. The van der Waals surface area contributed by atoms with Crippen molar-refractivity contribution >= 4 is 9.52 Å². The van der Waals surface area contributed by atoms with E-state index in [-0.39, 0.29) is 0 Å². The fourth-order valence-corrected chi connectivity index (χ4v) is 0.677. The molecule has 0 aromatic carbocycles. The van der Waals surface area contributed by atoms with E-state index in [0.29, 0.717) is 9.52 Å². The largest absolute Gasteiger partial charge is 0.0750 e. The highest BCUT2D eigenvalue weighted by atomic mass is 28.2.